The minimum Gasteiger partial charge on any atom is -0.458 e. The highest BCUT2D eigenvalue weighted by molar-refractivity contribution is 5.81. The fraction of sp³-hybridized carbons (Fsp3) is 0.385. The van der Waals surface area contributed by atoms with E-state index in [4.69, 9.17) is 4.42 Å². The second kappa shape index (κ2) is 3.32. The number of rotatable bonds is 2. The third-order valence-corrected chi connectivity index (χ3v) is 3.21. The van der Waals surface area contributed by atoms with Gasteiger partial charge in [-0.25, -0.2) is 4.39 Å². The van der Waals surface area contributed by atoms with Gasteiger partial charge in [0, 0.05) is 0 Å². The summed E-state index contributed by atoms with van der Waals surface area (Å²) in [5, 5.41) is 10.4. The fourth-order valence-electron chi connectivity index (χ4n) is 2.03. The van der Waals surface area contributed by atoms with Gasteiger partial charge in [-0.3, -0.25) is 0 Å². The summed E-state index contributed by atoms with van der Waals surface area (Å²) in [6.45, 7) is 1.87. The molecular formula is C13H13FO2. The molecule has 3 heteroatoms. The van der Waals surface area contributed by atoms with E-state index in [2.05, 4.69) is 0 Å². The van der Waals surface area contributed by atoms with Gasteiger partial charge in [0.2, 0.25) is 0 Å². The summed E-state index contributed by atoms with van der Waals surface area (Å²) in [7, 11) is 0. The molecule has 0 radical (unpaired) electrons. The summed E-state index contributed by atoms with van der Waals surface area (Å²) in [5.41, 5.74) is 1.44. The molecule has 1 heterocycles. The number of fused-ring (bicyclic) bond motifs is 1. The van der Waals surface area contributed by atoms with Gasteiger partial charge in [0.15, 0.2) is 0 Å². The average Bonchev–Trinajstić information content (AvgIpc) is 3.01. The van der Waals surface area contributed by atoms with Crippen molar-refractivity contribution in [2.75, 3.05) is 0 Å². The molecule has 0 saturated heterocycles. The maximum atomic E-state index is 13.5. The highest BCUT2D eigenvalue weighted by Crippen LogP contribution is 2.42. The number of benzene rings is 1. The Morgan fingerprint density at radius 3 is 2.81 bits per heavy atom. The minimum atomic E-state index is -0.578. The largest absolute Gasteiger partial charge is 0.458 e. The topological polar surface area (TPSA) is 33.4 Å². The zero-order valence-electron chi connectivity index (χ0n) is 9.03. The van der Waals surface area contributed by atoms with Crippen LogP contribution in [0.25, 0.3) is 11.0 Å². The summed E-state index contributed by atoms with van der Waals surface area (Å²) < 4.78 is 19.1. The average molecular weight is 220 g/mol. The van der Waals surface area contributed by atoms with E-state index >= 15 is 0 Å². The lowest BCUT2D eigenvalue weighted by molar-refractivity contribution is 0.129. The van der Waals surface area contributed by atoms with Gasteiger partial charge in [-0.05, 0) is 43.4 Å². The van der Waals surface area contributed by atoms with E-state index in [1.807, 2.05) is 6.92 Å². The van der Waals surface area contributed by atoms with Gasteiger partial charge in [-0.15, -0.1) is 0 Å². The van der Waals surface area contributed by atoms with Crippen LogP contribution >= 0.6 is 0 Å². The van der Waals surface area contributed by atoms with Crippen LogP contribution in [-0.2, 0) is 0 Å². The predicted molar refractivity (Wildman–Crippen MR) is 58.6 cm³/mol. The third kappa shape index (κ3) is 1.43. The first-order valence-corrected chi connectivity index (χ1v) is 5.53. The highest BCUT2D eigenvalue weighted by Gasteiger charge is 2.33. The Morgan fingerprint density at radius 1 is 1.44 bits per heavy atom. The van der Waals surface area contributed by atoms with E-state index < -0.39 is 6.10 Å². The molecule has 1 saturated carbocycles. The van der Waals surface area contributed by atoms with Crippen LogP contribution in [0.3, 0.4) is 0 Å². The number of furan rings is 1. The van der Waals surface area contributed by atoms with Crippen LogP contribution in [0.1, 0.15) is 30.3 Å². The van der Waals surface area contributed by atoms with E-state index in [-0.39, 0.29) is 5.82 Å². The lowest BCUT2D eigenvalue weighted by Crippen LogP contribution is -1.96. The smallest absolute Gasteiger partial charge is 0.140 e. The number of aliphatic hydroxyl groups excluding tert-OH is 1. The second-order valence-electron chi connectivity index (χ2n) is 4.54. The van der Waals surface area contributed by atoms with Crippen molar-refractivity contribution in [2.45, 2.75) is 25.9 Å². The Kier molecular flexibility index (Phi) is 2.04. The molecule has 16 heavy (non-hydrogen) atoms. The number of hydrogen-bond donors (Lipinski definition) is 1. The molecule has 0 amide bonds. The zero-order valence-corrected chi connectivity index (χ0v) is 9.03. The number of hydrogen-bond acceptors (Lipinski definition) is 2. The van der Waals surface area contributed by atoms with Gasteiger partial charge in [0.25, 0.3) is 0 Å². The Hall–Kier alpha value is -1.35. The van der Waals surface area contributed by atoms with E-state index in [9.17, 15) is 9.50 Å². The molecule has 1 aromatic heterocycles. The monoisotopic (exact) mass is 220 g/mol. The van der Waals surface area contributed by atoms with Gasteiger partial charge >= 0.3 is 0 Å². The van der Waals surface area contributed by atoms with E-state index in [0.29, 0.717) is 22.6 Å². The number of aliphatic hydroxyl groups is 1. The quantitative estimate of drug-likeness (QED) is 0.842. The Balaban J connectivity index is 2.14. The predicted octanol–water partition coefficient (Wildman–Crippen LogP) is 3.32. The van der Waals surface area contributed by atoms with Crippen LogP contribution < -0.4 is 0 Å². The minimum absolute atomic E-state index is 0.293. The molecule has 84 valence electrons. The van der Waals surface area contributed by atoms with E-state index in [0.717, 1.165) is 18.4 Å². The lowest BCUT2D eigenvalue weighted by Gasteiger charge is -2.03. The maximum absolute atomic E-state index is 13.5. The van der Waals surface area contributed by atoms with Crippen molar-refractivity contribution in [3.8, 4) is 0 Å². The van der Waals surface area contributed by atoms with Crippen molar-refractivity contribution in [2.24, 2.45) is 5.92 Å². The molecule has 2 nitrogen and oxygen atoms in total. The van der Waals surface area contributed by atoms with Crippen molar-refractivity contribution in [1.29, 1.82) is 0 Å². The van der Waals surface area contributed by atoms with E-state index in [1.165, 1.54) is 6.07 Å². The number of halogens is 1. The first kappa shape index (κ1) is 9.85. The summed E-state index contributed by atoms with van der Waals surface area (Å²) in [6, 6.07) is 4.75. The summed E-state index contributed by atoms with van der Waals surface area (Å²) in [4.78, 5) is 0. The molecule has 1 aromatic carbocycles. The summed E-state index contributed by atoms with van der Waals surface area (Å²) >= 11 is 0. The van der Waals surface area contributed by atoms with Crippen molar-refractivity contribution in [3.05, 3.63) is 35.3 Å². The first-order chi connectivity index (χ1) is 7.66. The molecule has 0 bridgehead atoms. The molecule has 1 N–H and O–H groups in total. The molecule has 0 spiro atoms. The molecule has 0 aliphatic heterocycles. The lowest BCUT2D eigenvalue weighted by atomic mass is 10.1. The Bertz CT molecular complexity index is 501. The molecule has 3 rings (SSSR count). The molecule has 1 atom stereocenters. The van der Waals surface area contributed by atoms with Crippen LogP contribution in [0.4, 0.5) is 4.39 Å². The van der Waals surface area contributed by atoms with Gasteiger partial charge in [0.1, 0.15) is 23.3 Å². The van der Waals surface area contributed by atoms with Gasteiger partial charge < -0.3 is 9.52 Å². The third-order valence-electron chi connectivity index (χ3n) is 3.21. The highest BCUT2D eigenvalue weighted by atomic mass is 19.1. The van der Waals surface area contributed by atoms with Crippen molar-refractivity contribution in [1.82, 2.24) is 0 Å². The summed E-state index contributed by atoms with van der Waals surface area (Å²) in [6.07, 6.45) is 1.48. The SMILES string of the molecule is Cc1ccc(F)c2cc(C(O)C3CC3)oc12. The molecular weight excluding hydrogens is 207 g/mol. The maximum Gasteiger partial charge on any atom is 0.140 e. The molecule has 1 aliphatic carbocycles. The Labute approximate surface area is 92.7 Å². The van der Waals surface area contributed by atoms with Crippen molar-refractivity contribution < 1.29 is 13.9 Å². The van der Waals surface area contributed by atoms with Crippen LogP contribution in [0.5, 0.6) is 0 Å². The normalized spacial score (nSPS) is 17.9. The van der Waals surface area contributed by atoms with Crippen molar-refractivity contribution >= 4 is 11.0 Å². The Morgan fingerprint density at radius 2 is 2.19 bits per heavy atom. The first-order valence-electron chi connectivity index (χ1n) is 5.53. The molecule has 2 aromatic rings. The standard InChI is InChI=1S/C13H13FO2/c1-7-2-5-10(14)9-6-11(16-13(7)9)12(15)8-3-4-8/h2,5-6,8,12,15H,3-4H2,1H3. The van der Waals surface area contributed by atoms with Crippen LogP contribution in [-0.4, -0.2) is 5.11 Å². The molecule has 1 unspecified atom stereocenters. The fourth-order valence-corrected chi connectivity index (χ4v) is 2.03. The molecule has 1 fully saturated rings. The van der Waals surface area contributed by atoms with Gasteiger partial charge in [-0.1, -0.05) is 6.07 Å². The number of aryl methyl sites for hydroxylation is 1. The molecule has 1 aliphatic rings. The second-order valence-corrected chi connectivity index (χ2v) is 4.54. The zero-order chi connectivity index (χ0) is 11.3. The van der Waals surface area contributed by atoms with Crippen LogP contribution in [0.15, 0.2) is 22.6 Å². The summed E-state index contributed by atoms with van der Waals surface area (Å²) in [5.74, 6) is 0.494. The van der Waals surface area contributed by atoms with Crippen molar-refractivity contribution in [3.63, 3.8) is 0 Å². The van der Waals surface area contributed by atoms with E-state index in [1.54, 1.807) is 12.1 Å². The van der Waals surface area contributed by atoms with Crippen LogP contribution in [0, 0.1) is 18.7 Å². The van der Waals surface area contributed by atoms with Crippen LogP contribution in [0.2, 0.25) is 0 Å². The van der Waals surface area contributed by atoms with Gasteiger partial charge in [0.05, 0.1) is 5.39 Å². The van der Waals surface area contributed by atoms with Gasteiger partial charge in [-0.2, -0.15) is 0 Å².